The Labute approximate surface area is 115 Å². The summed E-state index contributed by atoms with van der Waals surface area (Å²) in [6, 6.07) is -0.0145. The van der Waals surface area contributed by atoms with Gasteiger partial charge in [-0.15, -0.1) is 0 Å². The van der Waals surface area contributed by atoms with Crippen molar-refractivity contribution in [2.45, 2.75) is 33.7 Å². The molecule has 0 aromatic carbocycles. The summed E-state index contributed by atoms with van der Waals surface area (Å²) in [5.74, 6) is 5.45. The fourth-order valence-electron chi connectivity index (χ4n) is 1.47. The average Bonchev–Trinajstić information content (AvgIpc) is 2.26. The standard InChI is InChI=1S/C12H26N4O3/c1-9(2)6-15(13)7-11(17)14-16(10(3)4)8-12(18)19-5/h9-10H,6-8,13H2,1-5H3,(H,14,17). The van der Waals surface area contributed by atoms with Crippen LogP contribution in [0.25, 0.3) is 0 Å². The molecule has 0 unspecified atom stereocenters. The maximum Gasteiger partial charge on any atom is 0.321 e. The second kappa shape index (κ2) is 8.84. The zero-order valence-corrected chi connectivity index (χ0v) is 12.5. The Kier molecular flexibility index (Phi) is 8.29. The lowest BCUT2D eigenvalue weighted by molar-refractivity contribution is -0.144. The van der Waals surface area contributed by atoms with Crippen molar-refractivity contribution in [3.05, 3.63) is 0 Å². The fourth-order valence-corrected chi connectivity index (χ4v) is 1.47. The van der Waals surface area contributed by atoms with Gasteiger partial charge in [0.2, 0.25) is 5.91 Å². The first-order valence-electron chi connectivity index (χ1n) is 6.38. The molecule has 0 radical (unpaired) electrons. The van der Waals surface area contributed by atoms with Gasteiger partial charge in [-0.05, 0) is 19.8 Å². The van der Waals surface area contributed by atoms with Gasteiger partial charge in [-0.3, -0.25) is 20.9 Å². The van der Waals surface area contributed by atoms with Crippen LogP contribution in [0.5, 0.6) is 0 Å². The minimum atomic E-state index is -0.402. The molecule has 0 saturated carbocycles. The van der Waals surface area contributed by atoms with Crippen LogP contribution < -0.4 is 11.3 Å². The molecule has 0 fully saturated rings. The number of hydrogen-bond donors (Lipinski definition) is 2. The number of nitrogens with two attached hydrogens (primary N) is 1. The predicted octanol–water partition coefficient (Wildman–Crippen LogP) is -0.267. The summed E-state index contributed by atoms with van der Waals surface area (Å²) in [7, 11) is 1.31. The lowest BCUT2D eigenvalue weighted by Gasteiger charge is -2.27. The highest BCUT2D eigenvalue weighted by molar-refractivity contribution is 5.78. The minimum Gasteiger partial charge on any atom is -0.468 e. The molecule has 0 heterocycles. The van der Waals surface area contributed by atoms with Crippen molar-refractivity contribution >= 4 is 11.9 Å². The van der Waals surface area contributed by atoms with E-state index in [0.29, 0.717) is 12.5 Å². The zero-order valence-electron chi connectivity index (χ0n) is 12.5. The van der Waals surface area contributed by atoms with Gasteiger partial charge in [0.1, 0.15) is 6.54 Å². The molecule has 7 nitrogen and oxygen atoms in total. The molecule has 0 aliphatic rings. The van der Waals surface area contributed by atoms with Gasteiger partial charge in [-0.25, -0.2) is 10.0 Å². The molecule has 1 amide bonds. The number of esters is 1. The first-order chi connectivity index (χ1) is 8.76. The van der Waals surface area contributed by atoms with Gasteiger partial charge in [0.25, 0.3) is 0 Å². The van der Waals surface area contributed by atoms with Crippen LogP contribution in [0.15, 0.2) is 0 Å². The molecule has 0 aromatic heterocycles. The zero-order chi connectivity index (χ0) is 15.0. The maximum atomic E-state index is 11.8. The van der Waals surface area contributed by atoms with Crippen molar-refractivity contribution in [1.82, 2.24) is 15.4 Å². The molecule has 0 saturated heterocycles. The van der Waals surface area contributed by atoms with Gasteiger partial charge in [0, 0.05) is 12.6 Å². The van der Waals surface area contributed by atoms with E-state index in [9.17, 15) is 9.59 Å². The number of carbonyl (C=O) groups is 2. The summed E-state index contributed by atoms with van der Waals surface area (Å²) in [4.78, 5) is 23.0. The van der Waals surface area contributed by atoms with Crippen molar-refractivity contribution in [3.63, 3.8) is 0 Å². The summed E-state index contributed by atoms with van der Waals surface area (Å²) in [5.41, 5.74) is 2.66. The molecule has 0 rings (SSSR count). The van der Waals surface area contributed by atoms with Crippen molar-refractivity contribution in [1.29, 1.82) is 0 Å². The van der Waals surface area contributed by atoms with Crippen molar-refractivity contribution in [3.8, 4) is 0 Å². The topological polar surface area (TPSA) is 87.9 Å². The largest absolute Gasteiger partial charge is 0.468 e. The third kappa shape index (κ3) is 8.52. The quantitative estimate of drug-likeness (QED) is 0.360. The van der Waals surface area contributed by atoms with Crippen LogP contribution in [0, 0.1) is 5.92 Å². The van der Waals surface area contributed by atoms with E-state index >= 15 is 0 Å². The monoisotopic (exact) mass is 274 g/mol. The first-order valence-corrected chi connectivity index (χ1v) is 6.38. The molecule has 0 bridgehead atoms. The Morgan fingerprint density at radius 1 is 1.21 bits per heavy atom. The average molecular weight is 274 g/mol. The minimum absolute atomic E-state index is 0.00859. The number of nitrogens with zero attached hydrogens (tertiary/aromatic N) is 2. The van der Waals surface area contributed by atoms with Gasteiger partial charge in [0.05, 0.1) is 13.7 Å². The number of carbonyl (C=O) groups excluding carboxylic acids is 2. The fraction of sp³-hybridized carbons (Fsp3) is 0.833. The number of hydrazine groups is 2. The number of amides is 1. The van der Waals surface area contributed by atoms with Crippen LogP contribution in [0.1, 0.15) is 27.7 Å². The Morgan fingerprint density at radius 3 is 2.21 bits per heavy atom. The first kappa shape index (κ1) is 17.8. The van der Waals surface area contributed by atoms with Crippen molar-refractivity contribution in [2.75, 3.05) is 26.7 Å². The van der Waals surface area contributed by atoms with Crippen molar-refractivity contribution < 1.29 is 14.3 Å². The van der Waals surface area contributed by atoms with E-state index in [-0.39, 0.29) is 25.0 Å². The highest BCUT2D eigenvalue weighted by atomic mass is 16.5. The van der Waals surface area contributed by atoms with Crippen molar-refractivity contribution in [2.24, 2.45) is 11.8 Å². The maximum absolute atomic E-state index is 11.8. The van der Waals surface area contributed by atoms with E-state index in [4.69, 9.17) is 5.84 Å². The van der Waals surface area contributed by atoms with Gasteiger partial charge >= 0.3 is 5.97 Å². The van der Waals surface area contributed by atoms with Gasteiger partial charge in [0.15, 0.2) is 0 Å². The van der Waals surface area contributed by atoms with E-state index in [1.807, 2.05) is 27.7 Å². The molecule has 0 spiro atoms. The second-order valence-corrected chi connectivity index (χ2v) is 5.16. The van der Waals surface area contributed by atoms with Crippen LogP contribution in [0.2, 0.25) is 0 Å². The molecular formula is C12H26N4O3. The van der Waals surface area contributed by atoms with E-state index in [2.05, 4.69) is 10.2 Å². The van der Waals surface area contributed by atoms with Crippen LogP contribution in [0.4, 0.5) is 0 Å². The molecule has 0 aliphatic carbocycles. The number of hydrogen-bond acceptors (Lipinski definition) is 6. The van der Waals surface area contributed by atoms with E-state index in [0.717, 1.165) is 0 Å². The smallest absolute Gasteiger partial charge is 0.321 e. The SMILES string of the molecule is COC(=O)CN(NC(=O)CN(N)CC(C)C)C(C)C. The lowest BCUT2D eigenvalue weighted by Crippen LogP contribution is -2.52. The Bertz CT molecular complexity index is 295. The second-order valence-electron chi connectivity index (χ2n) is 5.16. The Morgan fingerprint density at radius 2 is 1.79 bits per heavy atom. The van der Waals surface area contributed by atoms with Gasteiger partial charge in [-0.1, -0.05) is 13.8 Å². The summed E-state index contributed by atoms with van der Waals surface area (Å²) >= 11 is 0. The van der Waals surface area contributed by atoms with E-state index in [1.54, 1.807) is 0 Å². The summed E-state index contributed by atoms with van der Waals surface area (Å²) in [6.07, 6.45) is 0. The number of methoxy groups -OCH3 is 1. The third-order valence-corrected chi connectivity index (χ3v) is 2.37. The van der Waals surface area contributed by atoms with E-state index in [1.165, 1.54) is 17.1 Å². The molecule has 7 heteroatoms. The Balaban J connectivity index is 4.28. The molecule has 112 valence electrons. The normalized spacial score (nSPS) is 11.5. The predicted molar refractivity (Wildman–Crippen MR) is 72.6 cm³/mol. The lowest BCUT2D eigenvalue weighted by atomic mass is 10.2. The molecular weight excluding hydrogens is 248 g/mol. The summed E-state index contributed by atoms with van der Waals surface area (Å²) < 4.78 is 4.58. The number of nitrogens with one attached hydrogen (secondary N) is 1. The third-order valence-electron chi connectivity index (χ3n) is 2.37. The van der Waals surface area contributed by atoms with Gasteiger partial charge < -0.3 is 4.74 Å². The van der Waals surface area contributed by atoms with Crippen LogP contribution in [-0.4, -0.2) is 54.7 Å². The molecule has 19 heavy (non-hydrogen) atoms. The highest BCUT2D eigenvalue weighted by Crippen LogP contribution is 1.96. The number of rotatable bonds is 8. The molecule has 3 N–H and O–H groups in total. The molecule has 0 aliphatic heterocycles. The van der Waals surface area contributed by atoms with Crippen LogP contribution in [0.3, 0.4) is 0 Å². The highest BCUT2D eigenvalue weighted by Gasteiger charge is 2.18. The Hall–Kier alpha value is -1.18. The van der Waals surface area contributed by atoms with Gasteiger partial charge in [-0.2, -0.15) is 0 Å². The summed E-state index contributed by atoms with van der Waals surface area (Å²) in [6.45, 7) is 8.52. The summed E-state index contributed by atoms with van der Waals surface area (Å²) in [5, 5.41) is 2.98. The van der Waals surface area contributed by atoms with Crippen LogP contribution in [-0.2, 0) is 14.3 Å². The molecule has 0 aromatic rings. The van der Waals surface area contributed by atoms with Crippen LogP contribution >= 0.6 is 0 Å². The molecule has 0 atom stereocenters. The van der Waals surface area contributed by atoms with E-state index < -0.39 is 5.97 Å². The number of ether oxygens (including phenoxy) is 1.